The number of nitrogens with zero attached hydrogens (tertiary/aromatic N) is 2. The van der Waals surface area contributed by atoms with Crippen LogP contribution in [-0.4, -0.2) is 48.3 Å². The molecule has 2 fully saturated rings. The lowest BCUT2D eigenvalue weighted by Gasteiger charge is -2.45. The minimum Gasteiger partial charge on any atom is -0.379 e. The first kappa shape index (κ1) is 16.9. The zero-order chi connectivity index (χ0) is 16.8. The number of ether oxygens (including phenoxy) is 1. The van der Waals surface area contributed by atoms with Crippen molar-refractivity contribution < 1.29 is 18.9 Å². The Morgan fingerprint density at radius 1 is 1.00 bits per heavy atom. The van der Waals surface area contributed by atoms with E-state index in [0.29, 0.717) is 22.4 Å². The van der Waals surface area contributed by atoms with Crippen molar-refractivity contribution in [2.24, 2.45) is 0 Å². The first-order valence-corrected chi connectivity index (χ1v) is 8.90. The van der Waals surface area contributed by atoms with E-state index in [4.69, 9.17) is 4.74 Å². The van der Waals surface area contributed by atoms with Crippen molar-refractivity contribution in [3.8, 4) is 5.75 Å². The van der Waals surface area contributed by atoms with Gasteiger partial charge in [0.15, 0.2) is 0 Å². The van der Waals surface area contributed by atoms with Crippen LogP contribution in [0.2, 0.25) is 0 Å². The highest BCUT2D eigenvalue weighted by Crippen LogP contribution is 2.28. The van der Waals surface area contributed by atoms with Gasteiger partial charge in [0.25, 0.3) is 0 Å². The second kappa shape index (κ2) is 7.77. The monoisotopic (exact) mass is 332 g/mol. The molecule has 3 rings (SSSR count). The van der Waals surface area contributed by atoms with E-state index in [2.05, 4.69) is 10.3 Å². The number of hydrogen-bond acceptors (Lipinski definition) is 4. The number of likely N-dealkylation sites (tertiary alicyclic amines) is 1. The Kier molecular flexibility index (Phi) is 5.48. The zero-order valence-corrected chi connectivity index (χ0v) is 14.1. The Morgan fingerprint density at radius 3 is 2.25 bits per heavy atom. The molecule has 0 bridgehead atoms. The summed E-state index contributed by atoms with van der Waals surface area (Å²) < 4.78 is 6.06. The summed E-state index contributed by atoms with van der Waals surface area (Å²) in [6.07, 6.45) is 7.32. The van der Waals surface area contributed by atoms with E-state index in [1.165, 1.54) is 12.8 Å². The Hall–Kier alpha value is -1.92. The lowest BCUT2D eigenvalue weighted by atomic mass is 10.1. The van der Waals surface area contributed by atoms with E-state index < -0.39 is 0 Å². The van der Waals surface area contributed by atoms with E-state index in [0.717, 1.165) is 51.9 Å². The standard InChI is InChI=1S/C18H25N3O3/c22-15-19-16-7-9-17(10-8-16)24-18(23)21(13-5-2-6-14-21)20-11-3-1-4-12-20/h7-10,15H,1-6,11-14H2/p+1. The van der Waals surface area contributed by atoms with Crippen molar-refractivity contribution in [2.75, 3.05) is 31.5 Å². The summed E-state index contributed by atoms with van der Waals surface area (Å²) in [4.78, 5) is 23.5. The van der Waals surface area contributed by atoms with E-state index in [9.17, 15) is 9.59 Å². The van der Waals surface area contributed by atoms with Crippen LogP contribution in [0.25, 0.3) is 0 Å². The molecular formula is C18H26N3O3+. The van der Waals surface area contributed by atoms with Crippen LogP contribution in [-0.2, 0) is 4.79 Å². The van der Waals surface area contributed by atoms with E-state index >= 15 is 0 Å². The van der Waals surface area contributed by atoms with Crippen LogP contribution in [0.4, 0.5) is 10.5 Å². The quantitative estimate of drug-likeness (QED) is 0.680. The summed E-state index contributed by atoms with van der Waals surface area (Å²) in [5.74, 6) is 0.525. The van der Waals surface area contributed by atoms with Crippen molar-refractivity contribution in [1.82, 2.24) is 5.01 Å². The second-order valence-corrected chi connectivity index (χ2v) is 6.60. The number of carbonyl (C=O) groups excluding carboxylic acids is 2. The van der Waals surface area contributed by atoms with Gasteiger partial charge in [-0.2, -0.15) is 4.79 Å². The molecule has 0 atom stereocenters. The molecule has 0 unspecified atom stereocenters. The number of piperidine rings is 2. The van der Waals surface area contributed by atoms with Gasteiger partial charge >= 0.3 is 6.09 Å². The van der Waals surface area contributed by atoms with Crippen molar-refractivity contribution in [3.63, 3.8) is 0 Å². The molecule has 6 nitrogen and oxygen atoms in total. The maximum Gasteiger partial charge on any atom is 0.541 e. The molecule has 1 aromatic rings. The number of amides is 2. The third-order valence-corrected chi connectivity index (χ3v) is 5.05. The molecule has 1 aromatic carbocycles. The minimum absolute atomic E-state index is 0.173. The number of quaternary nitrogens is 1. The lowest BCUT2D eigenvalue weighted by molar-refractivity contribution is -0.975. The predicted octanol–water partition coefficient (Wildman–Crippen LogP) is 3.16. The highest BCUT2D eigenvalue weighted by molar-refractivity contribution is 5.71. The highest BCUT2D eigenvalue weighted by atomic mass is 16.6. The summed E-state index contributed by atoms with van der Waals surface area (Å²) in [6.45, 7) is 3.61. The maximum atomic E-state index is 13.0. The van der Waals surface area contributed by atoms with Crippen molar-refractivity contribution in [1.29, 1.82) is 0 Å². The Morgan fingerprint density at radius 2 is 1.62 bits per heavy atom. The van der Waals surface area contributed by atoms with Crippen molar-refractivity contribution >= 4 is 18.2 Å². The van der Waals surface area contributed by atoms with Gasteiger partial charge in [-0.25, -0.2) is 0 Å². The highest BCUT2D eigenvalue weighted by Gasteiger charge is 2.46. The van der Waals surface area contributed by atoms with Crippen LogP contribution in [0.15, 0.2) is 24.3 Å². The molecule has 0 radical (unpaired) electrons. The topological polar surface area (TPSA) is 58.6 Å². The molecule has 0 aliphatic carbocycles. The molecule has 1 N–H and O–H groups in total. The van der Waals surface area contributed by atoms with E-state index in [-0.39, 0.29) is 6.09 Å². The number of anilines is 1. The molecule has 24 heavy (non-hydrogen) atoms. The zero-order valence-electron chi connectivity index (χ0n) is 14.1. The van der Waals surface area contributed by atoms with E-state index in [1.807, 2.05) is 0 Å². The second-order valence-electron chi connectivity index (χ2n) is 6.60. The molecule has 2 heterocycles. The number of nitrogens with one attached hydrogen (secondary N) is 1. The minimum atomic E-state index is -0.173. The van der Waals surface area contributed by atoms with Gasteiger partial charge in [-0.3, -0.25) is 4.79 Å². The van der Waals surface area contributed by atoms with Gasteiger partial charge in [-0.05, 0) is 56.4 Å². The summed E-state index contributed by atoms with van der Waals surface area (Å²) in [5.41, 5.74) is 0.683. The third kappa shape index (κ3) is 3.60. The number of carbonyl (C=O) groups is 2. The molecule has 0 aromatic heterocycles. The average molecular weight is 332 g/mol. The number of rotatable bonds is 4. The molecule has 0 saturated carbocycles. The normalized spacial score (nSPS) is 21.0. The van der Waals surface area contributed by atoms with Crippen LogP contribution in [0.5, 0.6) is 5.75 Å². The first-order valence-electron chi connectivity index (χ1n) is 8.90. The maximum absolute atomic E-state index is 13.0. The SMILES string of the molecule is O=CNc1ccc(OC(=O)[N+]2(N3CCCCC3)CCCCC2)cc1. The molecule has 0 spiro atoms. The summed E-state index contributed by atoms with van der Waals surface area (Å²) in [7, 11) is 0. The molecule has 2 amide bonds. The van der Waals surface area contributed by atoms with Crippen molar-refractivity contribution in [2.45, 2.75) is 38.5 Å². The van der Waals surface area contributed by atoms with Crippen LogP contribution < -0.4 is 10.1 Å². The first-order chi connectivity index (χ1) is 11.7. The fourth-order valence-electron chi connectivity index (χ4n) is 3.75. The van der Waals surface area contributed by atoms with Gasteiger partial charge in [-0.1, -0.05) is 6.42 Å². The van der Waals surface area contributed by atoms with Crippen LogP contribution >= 0.6 is 0 Å². The number of benzene rings is 1. The fourth-order valence-corrected chi connectivity index (χ4v) is 3.75. The molecule has 2 aliphatic heterocycles. The Bertz CT molecular complexity index is 561. The van der Waals surface area contributed by atoms with Crippen LogP contribution in [0.3, 0.4) is 0 Å². The predicted molar refractivity (Wildman–Crippen MR) is 91.4 cm³/mol. The van der Waals surface area contributed by atoms with Gasteiger partial charge in [0, 0.05) is 18.8 Å². The third-order valence-electron chi connectivity index (χ3n) is 5.05. The van der Waals surface area contributed by atoms with Crippen LogP contribution in [0, 0.1) is 0 Å². The van der Waals surface area contributed by atoms with Gasteiger partial charge in [0.2, 0.25) is 6.41 Å². The summed E-state index contributed by atoms with van der Waals surface area (Å²) in [5, 5.41) is 4.89. The molecule has 130 valence electrons. The van der Waals surface area contributed by atoms with Crippen LogP contribution in [0.1, 0.15) is 38.5 Å². The van der Waals surface area contributed by atoms with Gasteiger partial charge in [0.1, 0.15) is 18.8 Å². The van der Waals surface area contributed by atoms with E-state index in [1.54, 1.807) is 24.3 Å². The Balaban J connectivity index is 1.74. The average Bonchev–Trinajstić information content (AvgIpc) is 2.65. The molecule has 2 aliphatic rings. The van der Waals surface area contributed by atoms with Gasteiger partial charge in [-0.15, -0.1) is 9.60 Å². The molecule has 6 heteroatoms. The van der Waals surface area contributed by atoms with Gasteiger partial charge in [0.05, 0.1) is 0 Å². The smallest absolute Gasteiger partial charge is 0.379 e. The Labute approximate surface area is 142 Å². The number of hydrogen-bond donors (Lipinski definition) is 1. The summed E-state index contributed by atoms with van der Waals surface area (Å²) >= 11 is 0. The fraction of sp³-hybridized carbons (Fsp3) is 0.556. The van der Waals surface area contributed by atoms with Crippen molar-refractivity contribution in [3.05, 3.63) is 24.3 Å². The molecule has 2 saturated heterocycles. The lowest BCUT2D eigenvalue weighted by Crippen LogP contribution is -2.67. The molecular weight excluding hydrogens is 306 g/mol. The van der Waals surface area contributed by atoms with Gasteiger partial charge < -0.3 is 10.1 Å². The summed E-state index contributed by atoms with van der Waals surface area (Å²) in [6, 6.07) is 6.91. The largest absolute Gasteiger partial charge is 0.541 e.